The molecular formula is C15H24ClN3O2. The first-order valence-corrected chi connectivity index (χ1v) is 7.97. The fourth-order valence-corrected chi connectivity index (χ4v) is 3.61. The lowest BCUT2D eigenvalue weighted by molar-refractivity contribution is -0.121. The van der Waals surface area contributed by atoms with E-state index in [0.717, 1.165) is 25.9 Å². The lowest BCUT2D eigenvalue weighted by Gasteiger charge is -2.55. The maximum absolute atomic E-state index is 11.8. The zero-order valence-electron chi connectivity index (χ0n) is 13.1. The number of ether oxygens (including phenoxy) is 1. The quantitative estimate of drug-likeness (QED) is 0.877. The average molecular weight is 314 g/mol. The first-order chi connectivity index (χ1) is 10.00. The molecule has 1 saturated carbocycles. The van der Waals surface area contributed by atoms with Crippen LogP contribution in [0.3, 0.4) is 0 Å². The lowest BCUT2D eigenvalue weighted by Crippen LogP contribution is -2.61. The van der Waals surface area contributed by atoms with E-state index in [2.05, 4.69) is 24.3 Å². The highest BCUT2D eigenvalue weighted by atomic mass is 35.5. The maximum atomic E-state index is 11.8. The second-order valence-electron chi connectivity index (χ2n) is 5.62. The Morgan fingerprint density at radius 2 is 2.14 bits per heavy atom. The van der Waals surface area contributed by atoms with E-state index in [0.29, 0.717) is 5.69 Å². The van der Waals surface area contributed by atoms with Crippen LogP contribution in [-0.4, -0.2) is 28.5 Å². The number of rotatable bonds is 6. The Bertz CT molecular complexity index is 554. The van der Waals surface area contributed by atoms with Gasteiger partial charge >= 0.3 is 0 Å². The molecule has 0 amide bonds. The fraction of sp³-hybridized carbons (Fsp3) is 0.733. The highest BCUT2D eigenvalue weighted by molar-refractivity contribution is 6.32. The summed E-state index contributed by atoms with van der Waals surface area (Å²) in [6, 6.07) is 0.260. The Kier molecular flexibility index (Phi) is 4.94. The van der Waals surface area contributed by atoms with Crippen molar-refractivity contribution in [3.05, 3.63) is 21.6 Å². The summed E-state index contributed by atoms with van der Waals surface area (Å²) in [5, 5.41) is 7.64. The van der Waals surface area contributed by atoms with Crippen molar-refractivity contribution in [3.8, 4) is 0 Å². The van der Waals surface area contributed by atoms with Gasteiger partial charge in [-0.05, 0) is 26.2 Å². The molecule has 1 aromatic rings. The Morgan fingerprint density at radius 1 is 1.48 bits per heavy atom. The van der Waals surface area contributed by atoms with E-state index in [1.54, 1.807) is 13.2 Å². The first kappa shape index (κ1) is 16.3. The predicted molar refractivity (Wildman–Crippen MR) is 84.9 cm³/mol. The Morgan fingerprint density at radius 3 is 2.71 bits per heavy atom. The third-order valence-corrected chi connectivity index (χ3v) is 5.24. The van der Waals surface area contributed by atoms with Crippen molar-refractivity contribution in [2.24, 2.45) is 12.5 Å². The number of anilines is 1. The summed E-state index contributed by atoms with van der Waals surface area (Å²) in [5.74, 6) is 0. The predicted octanol–water partition coefficient (Wildman–Crippen LogP) is 2.83. The standard InChI is InChI=1S/C15H24ClN3O2/c1-5-15(6-2)11(8-12(15)21-7-3)18-10-9-17-19(4)14(20)13(10)16/h9,11-12,18H,5-8H2,1-4H3. The molecular weight excluding hydrogens is 290 g/mol. The van der Waals surface area contributed by atoms with Gasteiger partial charge in [0, 0.05) is 25.1 Å². The van der Waals surface area contributed by atoms with Crippen LogP contribution in [0.4, 0.5) is 5.69 Å². The third kappa shape index (κ3) is 2.69. The molecule has 0 aliphatic heterocycles. The van der Waals surface area contributed by atoms with Crippen molar-refractivity contribution in [1.29, 1.82) is 0 Å². The summed E-state index contributed by atoms with van der Waals surface area (Å²) >= 11 is 6.13. The average Bonchev–Trinajstić information content (AvgIpc) is 2.47. The fourth-order valence-electron chi connectivity index (χ4n) is 3.38. The normalized spacial score (nSPS) is 23.7. The second kappa shape index (κ2) is 6.36. The van der Waals surface area contributed by atoms with Gasteiger partial charge in [0.2, 0.25) is 0 Å². The van der Waals surface area contributed by atoms with E-state index < -0.39 is 0 Å². The molecule has 1 fully saturated rings. The summed E-state index contributed by atoms with van der Waals surface area (Å²) in [6.07, 6.45) is 4.88. The van der Waals surface area contributed by atoms with Gasteiger partial charge < -0.3 is 10.1 Å². The minimum atomic E-state index is -0.277. The van der Waals surface area contributed by atoms with E-state index in [1.165, 1.54) is 4.68 Å². The van der Waals surface area contributed by atoms with Crippen LogP contribution in [0.5, 0.6) is 0 Å². The van der Waals surface area contributed by atoms with Gasteiger partial charge in [-0.15, -0.1) is 0 Å². The van der Waals surface area contributed by atoms with Crippen molar-refractivity contribution in [3.63, 3.8) is 0 Å². The van der Waals surface area contributed by atoms with Crippen molar-refractivity contribution in [1.82, 2.24) is 9.78 Å². The molecule has 1 aliphatic carbocycles. The van der Waals surface area contributed by atoms with Crippen LogP contribution in [0, 0.1) is 5.41 Å². The summed E-state index contributed by atoms with van der Waals surface area (Å²) in [5.41, 5.74) is 0.437. The molecule has 1 N–H and O–H groups in total. The van der Waals surface area contributed by atoms with E-state index in [9.17, 15) is 4.79 Å². The van der Waals surface area contributed by atoms with E-state index in [1.807, 2.05) is 6.92 Å². The monoisotopic (exact) mass is 313 g/mol. The number of hydrogen-bond acceptors (Lipinski definition) is 4. The molecule has 2 unspecified atom stereocenters. The van der Waals surface area contributed by atoms with Crippen LogP contribution >= 0.6 is 11.6 Å². The van der Waals surface area contributed by atoms with Crippen molar-refractivity contribution < 1.29 is 4.74 Å². The lowest BCUT2D eigenvalue weighted by atomic mass is 9.58. The molecule has 5 nitrogen and oxygen atoms in total. The summed E-state index contributed by atoms with van der Waals surface area (Å²) in [6.45, 7) is 7.13. The molecule has 1 aromatic heterocycles. The van der Waals surface area contributed by atoms with Gasteiger partial charge in [-0.25, -0.2) is 4.68 Å². The van der Waals surface area contributed by atoms with Gasteiger partial charge in [-0.2, -0.15) is 5.10 Å². The number of hydrogen-bond donors (Lipinski definition) is 1. The van der Waals surface area contributed by atoms with E-state index in [4.69, 9.17) is 16.3 Å². The molecule has 0 saturated heterocycles. The Hall–Kier alpha value is -1.07. The zero-order valence-corrected chi connectivity index (χ0v) is 13.9. The SMILES string of the molecule is CCOC1CC(Nc2cnn(C)c(=O)c2Cl)C1(CC)CC. The molecule has 0 bridgehead atoms. The van der Waals surface area contributed by atoms with Crippen LogP contribution in [0.2, 0.25) is 5.02 Å². The van der Waals surface area contributed by atoms with Gasteiger partial charge in [-0.1, -0.05) is 25.4 Å². The molecule has 2 atom stereocenters. The zero-order chi connectivity index (χ0) is 15.6. The van der Waals surface area contributed by atoms with Crippen molar-refractivity contribution >= 4 is 17.3 Å². The largest absolute Gasteiger partial charge is 0.379 e. The minimum absolute atomic E-state index is 0.0976. The summed E-state index contributed by atoms with van der Waals surface area (Å²) < 4.78 is 7.10. The Balaban J connectivity index is 2.21. The topological polar surface area (TPSA) is 56.1 Å². The van der Waals surface area contributed by atoms with Crippen LogP contribution in [0.1, 0.15) is 40.0 Å². The summed E-state index contributed by atoms with van der Waals surface area (Å²) in [7, 11) is 1.59. The van der Waals surface area contributed by atoms with Gasteiger partial charge in [0.05, 0.1) is 18.0 Å². The van der Waals surface area contributed by atoms with Crippen molar-refractivity contribution in [2.45, 2.75) is 52.2 Å². The highest BCUT2D eigenvalue weighted by Crippen LogP contribution is 2.50. The van der Waals surface area contributed by atoms with Gasteiger partial charge in [0.1, 0.15) is 5.02 Å². The van der Waals surface area contributed by atoms with Crippen molar-refractivity contribution in [2.75, 3.05) is 11.9 Å². The molecule has 21 heavy (non-hydrogen) atoms. The minimum Gasteiger partial charge on any atom is -0.379 e. The molecule has 6 heteroatoms. The van der Waals surface area contributed by atoms with Gasteiger partial charge in [-0.3, -0.25) is 4.79 Å². The molecule has 0 aromatic carbocycles. The van der Waals surface area contributed by atoms with E-state index in [-0.39, 0.29) is 28.1 Å². The highest BCUT2D eigenvalue weighted by Gasteiger charge is 2.53. The number of aryl methyl sites for hydroxylation is 1. The second-order valence-corrected chi connectivity index (χ2v) is 6.00. The number of nitrogens with one attached hydrogen (secondary N) is 1. The molecule has 2 rings (SSSR count). The van der Waals surface area contributed by atoms with E-state index >= 15 is 0 Å². The van der Waals surface area contributed by atoms with Gasteiger partial charge in [0.15, 0.2) is 0 Å². The number of halogens is 1. The smallest absolute Gasteiger partial charge is 0.287 e. The van der Waals surface area contributed by atoms with Gasteiger partial charge in [0.25, 0.3) is 5.56 Å². The maximum Gasteiger partial charge on any atom is 0.287 e. The molecule has 1 aliphatic rings. The molecule has 0 radical (unpaired) electrons. The first-order valence-electron chi connectivity index (χ1n) is 7.60. The number of nitrogens with zero attached hydrogens (tertiary/aromatic N) is 2. The summed E-state index contributed by atoms with van der Waals surface area (Å²) in [4.78, 5) is 11.8. The van der Waals surface area contributed by atoms with Crippen LogP contribution in [-0.2, 0) is 11.8 Å². The number of aromatic nitrogens is 2. The Labute approximate surface area is 130 Å². The van der Waals surface area contributed by atoms with Crippen LogP contribution in [0.25, 0.3) is 0 Å². The van der Waals surface area contributed by atoms with Crippen LogP contribution < -0.4 is 10.9 Å². The molecule has 1 heterocycles. The van der Waals surface area contributed by atoms with Crippen LogP contribution in [0.15, 0.2) is 11.0 Å². The molecule has 0 spiro atoms. The third-order valence-electron chi connectivity index (χ3n) is 4.88. The molecule has 118 valence electrons.